The van der Waals surface area contributed by atoms with Gasteiger partial charge in [-0.15, -0.1) is 0 Å². The van der Waals surface area contributed by atoms with Crippen LogP contribution in [0.4, 0.5) is 0 Å². The Bertz CT molecular complexity index is 736. The van der Waals surface area contributed by atoms with Crippen LogP contribution in [-0.4, -0.2) is 66.3 Å². The number of carbonyl (C=O) groups excluding carboxylic acids is 2. The third-order valence-electron chi connectivity index (χ3n) is 5.60. The first-order chi connectivity index (χ1) is 12.9. The van der Waals surface area contributed by atoms with E-state index in [4.69, 9.17) is 11.6 Å². The highest BCUT2D eigenvalue weighted by molar-refractivity contribution is 6.36. The average Bonchev–Trinajstić information content (AvgIpc) is 2.91. The zero-order valence-electron chi connectivity index (χ0n) is 16.4. The lowest BCUT2D eigenvalue weighted by Gasteiger charge is -2.36. The molecule has 146 valence electrons. The van der Waals surface area contributed by atoms with Crippen LogP contribution in [0, 0.1) is 0 Å². The Morgan fingerprint density at radius 3 is 2.33 bits per heavy atom. The molecule has 0 unspecified atom stereocenters. The number of rotatable bonds is 6. The van der Waals surface area contributed by atoms with E-state index in [1.165, 1.54) is 4.90 Å². The Labute approximate surface area is 166 Å². The summed E-state index contributed by atoms with van der Waals surface area (Å²) in [5.74, 6) is -0.356. The van der Waals surface area contributed by atoms with Gasteiger partial charge in [0.05, 0.1) is 5.57 Å². The third-order valence-corrected chi connectivity index (χ3v) is 5.85. The molecule has 2 amide bonds. The fraction of sp³-hybridized carbons (Fsp3) is 0.524. The van der Waals surface area contributed by atoms with Gasteiger partial charge in [-0.05, 0) is 57.1 Å². The summed E-state index contributed by atoms with van der Waals surface area (Å²) >= 11 is 6.02. The zero-order valence-corrected chi connectivity index (χ0v) is 17.1. The molecular formula is C21H28ClN3O2. The van der Waals surface area contributed by atoms with E-state index >= 15 is 0 Å². The first kappa shape index (κ1) is 19.9. The van der Waals surface area contributed by atoms with E-state index in [0.717, 1.165) is 44.3 Å². The van der Waals surface area contributed by atoms with Crippen LogP contribution in [0.25, 0.3) is 5.57 Å². The van der Waals surface area contributed by atoms with E-state index in [0.29, 0.717) is 22.8 Å². The number of nitrogens with zero attached hydrogens (tertiary/aromatic N) is 3. The summed E-state index contributed by atoms with van der Waals surface area (Å²) in [5, 5.41) is 0.615. The van der Waals surface area contributed by atoms with Crippen LogP contribution in [0.15, 0.2) is 30.0 Å². The minimum absolute atomic E-state index is 0.167. The van der Waals surface area contributed by atoms with Crippen molar-refractivity contribution in [3.05, 3.63) is 40.5 Å². The Morgan fingerprint density at radius 2 is 1.74 bits per heavy atom. The number of imide groups is 1. The molecule has 0 spiro atoms. The Balaban J connectivity index is 1.98. The molecule has 0 atom stereocenters. The van der Waals surface area contributed by atoms with Gasteiger partial charge in [0, 0.05) is 24.7 Å². The van der Waals surface area contributed by atoms with Crippen LogP contribution in [0.5, 0.6) is 0 Å². The topological polar surface area (TPSA) is 43.9 Å². The van der Waals surface area contributed by atoms with Gasteiger partial charge in [0.25, 0.3) is 11.8 Å². The largest absolute Gasteiger partial charge is 0.366 e. The summed E-state index contributed by atoms with van der Waals surface area (Å²) in [7, 11) is 4.07. The van der Waals surface area contributed by atoms with Gasteiger partial charge in [-0.3, -0.25) is 14.5 Å². The number of likely N-dealkylation sites (N-methyl/N-ethyl adjacent to an activating group) is 1. The van der Waals surface area contributed by atoms with Crippen molar-refractivity contribution in [3.8, 4) is 0 Å². The van der Waals surface area contributed by atoms with E-state index in [9.17, 15) is 9.59 Å². The summed E-state index contributed by atoms with van der Waals surface area (Å²) in [6.07, 6.45) is 3.73. The van der Waals surface area contributed by atoms with Gasteiger partial charge in [-0.1, -0.05) is 37.1 Å². The maximum atomic E-state index is 13.2. The molecule has 0 saturated carbocycles. The molecule has 1 saturated heterocycles. The number of carbonyl (C=O) groups is 2. The van der Waals surface area contributed by atoms with Crippen molar-refractivity contribution in [2.75, 3.05) is 33.7 Å². The zero-order chi connectivity index (χ0) is 19.6. The monoisotopic (exact) mass is 389 g/mol. The van der Waals surface area contributed by atoms with Crippen molar-refractivity contribution in [2.24, 2.45) is 0 Å². The van der Waals surface area contributed by atoms with Crippen LogP contribution in [0.1, 0.15) is 38.2 Å². The molecule has 0 radical (unpaired) electrons. The lowest BCUT2D eigenvalue weighted by atomic mass is 10.0. The normalized spacial score (nSPS) is 19.3. The van der Waals surface area contributed by atoms with Crippen molar-refractivity contribution < 1.29 is 9.59 Å². The second kappa shape index (κ2) is 8.44. The number of hydrogen-bond acceptors (Lipinski definition) is 4. The van der Waals surface area contributed by atoms with Gasteiger partial charge < -0.3 is 9.80 Å². The number of likely N-dealkylation sites (tertiary alicyclic amines) is 1. The predicted octanol–water partition coefficient (Wildman–Crippen LogP) is 3.25. The van der Waals surface area contributed by atoms with Crippen molar-refractivity contribution >= 4 is 29.0 Å². The lowest BCUT2D eigenvalue weighted by Crippen LogP contribution is -2.43. The van der Waals surface area contributed by atoms with Gasteiger partial charge in [0.2, 0.25) is 0 Å². The quantitative estimate of drug-likeness (QED) is 0.700. The second-order valence-corrected chi connectivity index (χ2v) is 7.93. The van der Waals surface area contributed by atoms with Crippen LogP contribution in [0.3, 0.4) is 0 Å². The molecule has 6 heteroatoms. The van der Waals surface area contributed by atoms with Crippen molar-refractivity contribution in [1.29, 1.82) is 0 Å². The Hall–Kier alpha value is -1.85. The van der Waals surface area contributed by atoms with Crippen LogP contribution >= 0.6 is 11.6 Å². The van der Waals surface area contributed by atoms with E-state index in [-0.39, 0.29) is 17.9 Å². The summed E-state index contributed by atoms with van der Waals surface area (Å²) < 4.78 is 0. The van der Waals surface area contributed by atoms with Gasteiger partial charge in [0.15, 0.2) is 0 Å². The molecule has 3 rings (SSSR count). The fourth-order valence-corrected chi connectivity index (χ4v) is 3.98. The number of benzene rings is 1. The van der Waals surface area contributed by atoms with Crippen LogP contribution in [0.2, 0.25) is 5.02 Å². The lowest BCUT2D eigenvalue weighted by molar-refractivity contribution is -0.137. The van der Waals surface area contributed by atoms with Gasteiger partial charge in [-0.2, -0.15) is 0 Å². The molecule has 1 fully saturated rings. The number of piperidine rings is 1. The molecule has 2 aliphatic heterocycles. The molecule has 5 nitrogen and oxygen atoms in total. The molecule has 0 bridgehead atoms. The SMILES string of the molecule is CCCCN1C(=O)C(c2ccc(Cl)cc2)=C(N(C)C2CCN(C)CC2)C1=O. The highest BCUT2D eigenvalue weighted by Gasteiger charge is 2.41. The van der Waals surface area contributed by atoms with Gasteiger partial charge >= 0.3 is 0 Å². The summed E-state index contributed by atoms with van der Waals surface area (Å²) in [5.41, 5.74) is 1.80. The van der Waals surface area contributed by atoms with Gasteiger partial charge in [0.1, 0.15) is 5.70 Å². The molecule has 1 aromatic rings. The number of halogens is 1. The first-order valence-electron chi connectivity index (χ1n) is 9.71. The standard InChI is InChI=1S/C21H28ClN3O2/c1-4-5-12-25-20(26)18(15-6-8-16(22)9-7-15)19(21(25)27)24(3)17-10-13-23(2)14-11-17/h6-9,17H,4-5,10-14H2,1-3H3. The van der Waals surface area contributed by atoms with Gasteiger partial charge in [-0.25, -0.2) is 0 Å². The summed E-state index contributed by atoms with van der Waals surface area (Å²) in [4.78, 5) is 32.1. The molecule has 2 heterocycles. The summed E-state index contributed by atoms with van der Waals surface area (Å²) in [6, 6.07) is 7.46. The molecule has 0 aromatic heterocycles. The maximum Gasteiger partial charge on any atom is 0.277 e. The van der Waals surface area contributed by atoms with Crippen molar-refractivity contribution in [2.45, 2.75) is 38.6 Å². The average molecular weight is 390 g/mol. The van der Waals surface area contributed by atoms with Crippen LogP contribution < -0.4 is 0 Å². The second-order valence-electron chi connectivity index (χ2n) is 7.49. The molecule has 0 N–H and O–H groups in total. The molecule has 1 aromatic carbocycles. The van der Waals surface area contributed by atoms with Crippen LogP contribution in [-0.2, 0) is 9.59 Å². The first-order valence-corrected chi connectivity index (χ1v) is 10.1. The smallest absolute Gasteiger partial charge is 0.277 e. The van der Waals surface area contributed by atoms with Crippen molar-refractivity contribution in [1.82, 2.24) is 14.7 Å². The van der Waals surface area contributed by atoms with E-state index in [1.807, 2.05) is 24.1 Å². The highest BCUT2D eigenvalue weighted by Crippen LogP contribution is 2.34. The molecular weight excluding hydrogens is 362 g/mol. The molecule has 0 aliphatic carbocycles. The molecule has 27 heavy (non-hydrogen) atoms. The van der Waals surface area contributed by atoms with E-state index < -0.39 is 0 Å². The third kappa shape index (κ3) is 4.04. The Morgan fingerprint density at radius 1 is 1.11 bits per heavy atom. The number of amides is 2. The highest BCUT2D eigenvalue weighted by atomic mass is 35.5. The number of hydrogen-bond donors (Lipinski definition) is 0. The van der Waals surface area contributed by atoms with Crippen molar-refractivity contribution in [3.63, 3.8) is 0 Å². The van der Waals surface area contributed by atoms with E-state index in [1.54, 1.807) is 12.1 Å². The maximum absolute atomic E-state index is 13.2. The predicted molar refractivity (Wildman–Crippen MR) is 108 cm³/mol. The Kier molecular flexibility index (Phi) is 6.22. The summed E-state index contributed by atoms with van der Waals surface area (Å²) in [6.45, 7) is 4.53. The fourth-order valence-electron chi connectivity index (χ4n) is 3.85. The number of unbranched alkanes of at least 4 members (excludes halogenated alkanes) is 1. The van der Waals surface area contributed by atoms with E-state index in [2.05, 4.69) is 18.9 Å². The minimum atomic E-state index is -0.189. The molecule has 2 aliphatic rings. The minimum Gasteiger partial charge on any atom is -0.366 e.